The molecular weight excluding hydrogens is 328 g/mol. The van der Waals surface area contributed by atoms with Gasteiger partial charge in [-0.25, -0.2) is 4.98 Å². The third kappa shape index (κ3) is 4.13. The fourth-order valence-corrected chi connectivity index (χ4v) is 3.01. The van der Waals surface area contributed by atoms with Crippen LogP contribution in [0.5, 0.6) is 0 Å². The number of rotatable bonds is 5. The van der Waals surface area contributed by atoms with Gasteiger partial charge in [0.05, 0.1) is 10.9 Å². The zero-order valence-electron chi connectivity index (χ0n) is 13.7. The molecule has 0 saturated carbocycles. The lowest BCUT2D eigenvalue weighted by Crippen LogP contribution is -2.38. The molecule has 2 N–H and O–H groups in total. The van der Waals surface area contributed by atoms with Crippen molar-refractivity contribution in [1.29, 1.82) is 0 Å². The summed E-state index contributed by atoms with van der Waals surface area (Å²) in [6.45, 7) is 1.85. The first-order chi connectivity index (χ1) is 11.1. The van der Waals surface area contributed by atoms with E-state index >= 15 is 0 Å². The predicted octanol–water partition coefficient (Wildman–Crippen LogP) is 1.49. The molecule has 0 aliphatic carbocycles. The van der Waals surface area contributed by atoms with Crippen LogP contribution in [0, 0.1) is 0 Å². The number of hydrogen-bond acceptors (Lipinski definition) is 4. The molecule has 1 aromatic heterocycles. The number of nitrogens with zero attached hydrogens (tertiary/aromatic N) is 2. The number of aromatic nitrogens is 2. The standard InChI is InChI=1S/C17H22N4O2.ClH/c1-21(12-9-10-18-11-12)16(22)8-4-7-15-19-14-6-3-2-5-13(14)17(23)20-15;/h2-3,5-6,12,18H,4,7-11H2,1H3,(H,19,20,23);1H. The van der Waals surface area contributed by atoms with Crippen molar-refractivity contribution in [3.8, 4) is 0 Å². The van der Waals surface area contributed by atoms with E-state index in [2.05, 4.69) is 15.3 Å². The number of carbonyl (C=O) groups excluding carboxylic acids is 1. The van der Waals surface area contributed by atoms with E-state index in [1.807, 2.05) is 30.1 Å². The molecule has 2 heterocycles. The van der Waals surface area contributed by atoms with Gasteiger partial charge in [0.15, 0.2) is 0 Å². The number of nitrogens with one attached hydrogen (secondary N) is 2. The quantitative estimate of drug-likeness (QED) is 0.856. The molecule has 0 spiro atoms. The third-order valence-corrected chi connectivity index (χ3v) is 4.44. The Morgan fingerprint density at radius 1 is 1.38 bits per heavy atom. The maximum atomic E-state index is 12.2. The van der Waals surface area contributed by atoms with E-state index in [0.717, 1.165) is 19.5 Å². The topological polar surface area (TPSA) is 78.1 Å². The van der Waals surface area contributed by atoms with Gasteiger partial charge < -0.3 is 15.2 Å². The molecule has 2 aromatic rings. The van der Waals surface area contributed by atoms with Crippen LogP contribution in [0.25, 0.3) is 10.9 Å². The van der Waals surface area contributed by atoms with Crippen LogP contribution in [0.4, 0.5) is 0 Å². The van der Waals surface area contributed by atoms with Gasteiger partial charge in [0.2, 0.25) is 5.91 Å². The number of benzene rings is 1. The largest absolute Gasteiger partial charge is 0.341 e. The van der Waals surface area contributed by atoms with E-state index in [1.165, 1.54) is 0 Å². The summed E-state index contributed by atoms with van der Waals surface area (Å²) < 4.78 is 0. The maximum Gasteiger partial charge on any atom is 0.258 e. The van der Waals surface area contributed by atoms with Gasteiger partial charge in [0.25, 0.3) is 5.56 Å². The van der Waals surface area contributed by atoms with Crippen molar-refractivity contribution in [1.82, 2.24) is 20.2 Å². The maximum absolute atomic E-state index is 12.2. The van der Waals surface area contributed by atoms with Crippen molar-refractivity contribution in [2.75, 3.05) is 20.1 Å². The van der Waals surface area contributed by atoms with E-state index < -0.39 is 0 Å². The Morgan fingerprint density at radius 3 is 2.92 bits per heavy atom. The molecule has 7 heteroatoms. The average molecular weight is 351 g/mol. The number of fused-ring (bicyclic) bond motifs is 1. The van der Waals surface area contributed by atoms with Crippen LogP contribution in [0.2, 0.25) is 0 Å². The molecular formula is C17H23ClN4O2. The Bertz CT molecular complexity index is 756. The van der Waals surface area contributed by atoms with Gasteiger partial charge in [-0.2, -0.15) is 0 Å². The lowest BCUT2D eigenvalue weighted by molar-refractivity contribution is -0.131. The number of halogens is 1. The highest BCUT2D eigenvalue weighted by molar-refractivity contribution is 5.85. The Morgan fingerprint density at radius 2 is 2.17 bits per heavy atom. The van der Waals surface area contributed by atoms with Crippen molar-refractivity contribution in [3.05, 3.63) is 40.4 Å². The molecule has 1 aliphatic heterocycles. The van der Waals surface area contributed by atoms with Crippen molar-refractivity contribution in [2.24, 2.45) is 0 Å². The number of amides is 1. The normalized spacial score (nSPS) is 16.8. The molecule has 1 saturated heterocycles. The zero-order chi connectivity index (χ0) is 16.2. The molecule has 1 unspecified atom stereocenters. The van der Waals surface area contributed by atoms with Gasteiger partial charge in [-0.05, 0) is 31.5 Å². The average Bonchev–Trinajstić information content (AvgIpc) is 3.08. The van der Waals surface area contributed by atoms with Gasteiger partial charge >= 0.3 is 0 Å². The summed E-state index contributed by atoms with van der Waals surface area (Å²) in [5.41, 5.74) is 0.581. The summed E-state index contributed by atoms with van der Waals surface area (Å²) in [7, 11) is 1.87. The summed E-state index contributed by atoms with van der Waals surface area (Å²) in [5, 5.41) is 3.87. The second-order valence-electron chi connectivity index (χ2n) is 6.03. The number of likely N-dealkylation sites (N-methyl/N-ethyl adjacent to an activating group) is 1. The van der Waals surface area contributed by atoms with Gasteiger partial charge in [-0.3, -0.25) is 9.59 Å². The molecule has 0 radical (unpaired) electrons. The molecule has 0 bridgehead atoms. The van der Waals surface area contributed by atoms with Gasteiger partial charge in [-0.15, -0.1) is 12.4 Å². The molecule has 1 aliphatic rings. The molecule has 1 atom stereocenters. The summed E-state index contributed by atoms with van der Waals surface area (Å²) in [6, 6.07) is 7.60. The van der Waals surface area contributed by atoms with Gasteiger partial charge in [0, 0.05) is 32.5 Å². The molecule has 3 rings (SSSR count). The van der Waals surface area contributed by atoms with E-state index in [-0.39, 0.29) is 23.9 Å². The molecule has 130 valence electrons. The Kier molecular flexibility index (Phi) is 6.34. The van der Waals surface area contributed by atoms with Crippen molar-refractivity contribution < 1.29 is 4.79 Å². The van der Waals surface area contributed by atoms with Crippen LogP contribution >= 0.6 is 12.4 Å². The first-order valence-corrected chi connectivity index (χ1v) is 8.09. The number of H-pyrrole nitrogens is 1. The predicted molar refractivity (Wildman–Crippen MR) is 96.6 cm³/mol. The second kappa shape index (κ2) is 8.26. The number of aryl methyl sites for hydroxylation is 1. The second-order valence-corrected chi connectivity index (χ2v) is 6.03. The highest BCUT2D eigenvalue weighted by Gasteiger charge is 2.22. The molecule has 1 amide bonds. The monoisotopic (exact) mass is 350 g/mol. The van der Waals surface area contributed by atoms with Crippen LogP contribution in [-0.2, 0) is 11.2 Å². The summed E-state index contributed by atoms with van der Waals surface area (Å²) >= 11 is 0. The summed E-state index contributed by atoms with van der Waals surface area (Å²) in [4.78, 5) is 33.3. The van der Waals surface area contributed by atoms with E-state index in [0.29, 0.717) is 42.0 Å². The number of hydrogen-bond donors (Lipinski definition) is 2. The van der Waals surface area contributed by atoms with E-state index in [9.17, 15) is 9.59 Å². The minimum Gasteiger partial charge on any atom is -0.341 e. The minimum absolute atomic E-state index is 0. The van der Waals surface area contributed by atoms with Crippen LogP contribution in [0.15, 0.2) is 29.1 Å². The SMILES string of the molecule is CN(C(=O)CCCc1nc2ccccc2c(=O)[nH]1)C1CCNC1.Cl. The minimum atomic E-state index is -0.119. The fourth-order valence-electron chi connectivity index (χ4n) is 3.01. The smallest absolute Gasteiger partial charge is 0.258 e. The Labute approximate surface area is 147 Å². The molecule has 6 nitrogen and oxygen atoms in total. The van der Waals surface area contributed by atoms with Crippen LogP contribution in [-0.4, -0.2) is 47.0 Å². The molecule has 24 heavy (non-hydrogen) atoms. The highest BCUT2D eigenvalue weighted by Crippen LogP contribution is 2.10. The molecule has 1 fully saturated rings. The van der Waals surface area contributed by atoms with Crippen molar-refractivity contribution in [2.45, 2.75) is 31.7 Å². The van der Waals surface area contributed by atoms with Crippen LogP contribution in [0.3, 0.4) is 0 Å². The van der Waals surface area contributed by atoms with E-state index in [1.54, 1.807) is 6.07 Å². The highest BCUT2D eigenvalue weighted by atomic mass is 35.5. The lowest BCUT2D eigenvalue weighted by Gasteiger charge is -2.23. The van der Waals surface area contributed by atoms with Crippen LogP contribution < -0.4 is 10.9 Å². The van der Waals surface area contributed by atoms with Crippen LogP contribution in [0.1, 0.15) is 25.1 Å². The number of carbonyl (C=O) groups is 1. The lowest BCUT2D eigenvalue weighted by atomic mass is 10.1. The zero-order valence-corrected chi connectivity index (χ0v) is 14.6. The van der Waals surface area contributed by atoms with Gasteiger partial charge in [0.1, 0.15) is 5.82 Å². The number of aromatic amines is 1. The van der Waals surface area contributed by atoms with Crippen molar-refractivity contribution >= 4 is 29.2 Å². The third-order valence-electron chi connectivity index (χ3n) is 4.44. The fraction of sp³-hybridized carbons (Fsp3) is 0.471. The van der Waals surface area contributed by atoms with Crippen molar-refractivity contribution in [3.63, 3.8) is 0 Å². The van der Waals surface area contributed by atoms with E-state index in [4.69, 9.17) is 0 Å². The summed E-state index contributed by atoms with van der Waals surface area (Å²) in [6.07, 6.45) is 2.78. The molecule has 1 aromatic carbocycles. The van der Waals surface area contributed by atoms with Gasteiger partial charge in [-0.1, -0.05) is 12.1 Å². The first kappa shape index (κ1) is 18.4. The number of para-hydroxylation sites is 1. The summed E-state index contributed by atoms with van der Waals surface area (Å²) in [5.74, 6) is 0.800. The Balaban J connectivity index is 0.00000208. The first-order valence-electron chi connectivity index (χ1n) is 8.09. The Hall–Kier alpha value is -1.92.